The minimum absolute atomic E-state index is 0.0603. The Morgan fingerprint density at radius 3 is 2.88 bits per heavy atom. The summed E-state index contributed by atoms with van der Waals surface area (Å²) in [5, 5.41) is 3.27. The van der Waals surface area contributed by atoms with Crippen molar-refractivity contribution in [2.75, 3.05) is 20.2 Å². The molecule has 1 aliphatic rings. The Morgan fingerprint density at radius 2 is 2.18 bits per heavy atom. The number of hydrogen-bond donors (Lipinski definition) is 1. The summed E-state index contributed by atoms with van der Waals surface area (Å²) < 4.78 is 4.90. The summed E-state index contributed by atoms with van der Waals surface area (Å²) in [7, 11) is 1.46. The monoisotopic (exact) mass is 233 g/mol. The van der Waals surface area contributed by atoms with E-state index in [1.165, 1.54) is 18.2 Å². The first-order valence-corrected chi connectivity index (χ1v) is 6.08. The average molecular weight is 233 g/mol. The third kappa shape index (κ3) is 2.50. The summed E-state index contributed by atoms with van der Waals surface area (Å²) in [6, 6.07) is 8.30. The molecule has 17 heavy (non-hydrogen) atoms. The molecule has 2 unspecified atom stereocenters. The minimum atomic E-state index is -0.106. The van der Waals surface area contributed by atoms with Crippen LogP contribution in [0.1, 0.15) is 23.5 Å². The van der Waals surface area contributed by atoms with E-state index in [2.05, 4.69) is 24.4 Å². The minimum Gasteiger partial charge on any atom is -0.469 e. The molecular formula is C14H19NO2. The van der Waals surface area contributed by atoms with Crippen LogP contribution in [0.2, 0.25) is 0 Å². The summed E-state index contributed by atoms with van der Waals surface area (Å²) in [6.45, 7) is 3.78. The summed E-state index contributed by atoms with van der Waals surface area (Å²) in [5.74, 6) is 0.116. The second kappa shape index (κ2) is 5.32. The molecule has 0 radical (unpaired) electrons. The lowest BCUT2D eigenvalue weighted by Crippen LogP contribution is -2.40. The zero-order valence-electron chi connectivity index (χ0n) is 10.4. The highest BCUT2D eigenvalue weighted by atomic mass is 16.5. The fourth-order valence-electron chi connectivity index (χ4n) is 2.63. The van der Waals surface area contributed by atoms with Crippen molar-refractivity contribution in [2.45, 2.75) is 19.3 Å². The van der Waals surface area contributed by atoms with Crippen LogP contribution < -0.4 is 5.32 Å². The SMILES string of the molecule is COC(=O)C1CNCCC1c1ccccc1C. The van der Waals surface area contributed by atoms with Crippen LogP contribution in [0.15, 0.2) is 24.3 Å². The van der Waals surface area contributed by atoms with Gasteiger partial charge in [0.15, 0.2) is 0 Å². The van der Waals surface area contributed by atoms with Gasteiger partial charge in [0.1, 0.15) is 0 Å². The predicted octanol–water partition coefficient (Wildman–Crippen LogP) is 1.86. The van der Waals surface area contributed by atoms with Crippen molar-refractivity contribution in [1.29, 1.82) is 0 Å². The maximum Gasteiger partial charge on any atom is 0.310 e. The molecule has 2 atom stereocenters. The van der Waals surface area contributed by atoms with Gasteiger partial charge in [0.2, 0.25) is 0 Å². The van der Waals surface area contributed by atoms with Gasteiger partial charge in [-0.15, -0.1) is 0 Å². The summed E-state index contributed by atoms with van der Waals surface area (Å²) >= 11 is 0. The van der Waals surface area contributed by atoms with E-state index in [1.54, 1.807) is 0 Å². The first kappa shape index (κ1) is 12.1. The van der Waals surface area contributed by atoms with Gasteiger partial charge in [-0.05, 0) is 36.9 Å². The first-order chi connectivity index (χ1) is 8.24. The molecule has 3 nitrogen and oxygen atoms in total. The lowest BCUT2D eigenvalue weighted by atomic mass is 9.79. The van der Waals surface area contributed by atoms with Crippen molar-refractivity contribution >= 4 is 5.97 Å². The Kier molecular flexibility index (Phi) is 3.79. The van der Waals surface area contributed by atoms with Crippen molar-refractivity contribution in [1.82, 2.24) is 5.32 Å². The van der Waals surface area contributed by atoms with Crippen LogP contribution in [0, 0.1) is 12.8 Å². The van der Waals surface area contributed by atoms with Crippen LogP contribution in [-0.4, -0.2) is 26.2 Å². The maximum atomic E-state index is 11.8. The second-order valence-electron chi connectivity index (χ2n) is 4.59. The number of piperidine rings is 1. The number of nitrogens with one attached hydrogen (secondary N) is 1. The van der Waals surface area contributed by atoms with Crippen LogP contribution in [0.25, 0.3) is 0 Å². The highest BCUT2D eigenvalue weighted by Gasteiger charge is 2.33. The van der Waals surface area contributed by atoms with Gasteiger partial charge in [0, 0.05) is 6.54 Å². The van der Waals surface area contributed by atoms with Gasteiger partial charge >= 0.3 is 5.97 Å². The van der Waals surface area contributed by atoms with Crippen molar-refractivity contribution < 1.29 is 9.53 Å². The molecule has 1 heterocycles. The van der Waals surface area contributed by atoms with Crippen LogP contribution in [0.3, 0.4) is 0 Å². The summed E-state index contributed by atoms with van der Waals surface area (Å²) in [5.41, 5.74) is 2.54. The van der Waals surface area contributed by atoms with E-state index < -0.39 is 0 Å². The van der Waals surface area contributed by atoms with E-state index in [-0.39, 0.29) is 17.8 Å². The van der Waals surface area contributed by atoms with Crippen molar-refractivity contribution in [3.8, 4) is 0 Å². The smallest absolute Gasteiger partial charge is 0.310 e. The van der Waals surface area contributed by atoms with Crippen LogP contribution in [-0.2, 0) is 9.53 Å². The van der Waals surface area contributed by atoms with Gasteiger partial charge in [-0.2, -0.15) is 0 Å². The van der Waals surface area contributed by atoms with Crippen molar-refractivity contribution in [3.05, 3.63) is 35.4 Å². The molecule has 1 N–H and O–H groups in total. The molecular weight excluding hydrogens is 214 g/mol. The molecule has 0 amide bonds. The van der Waals surface area contributed by atoms with Gasteiger partial charge in [-0.1, -0.05) is 24.3 Å². The standard InChI is InChI=1S/C14H19NO2/c1-10-5-3-4-6-11(10)12-7-8-15-9-13(12)14(16)17-2/h3-6,12-13,15H,7-9H2,1-2H3. The molecule has 1 aromatic rings. The summed E-state index contributed by atoms with van der Waals surface area (Å²) in [4.78, 5) is 11.8. The molecule has 2 rings (SSSR count). The van der Waals surface area contributed by atoms with Crippen molar-refractivity contribution in [3.63, 3.8) is 0 Å². The van der Waals surface area contributed by atoms with Crippen LogP contribution >= 0.6 is 0 Å². The third-order valence-electron chi connectivity index (χ3n) is 3.57. The number of rotatable bonds is 2. The van der Waals surface area contributed by atoms with E-state index >= 15 is 0 Å². The number of carbonyl (C=O) groups excluding carboxylic acids is 1. The van der Waals surface area contributed by atoms with Crippen molar-refractivity contribution in [2.24, 2.45) is 5.92 Å². The molecule has 0 spiro atoms. The van der Waals surface area contributed by atoms with E-state index in [0.29, 0.717) is 6.54 Å². The molecule has 1 aromatic carbocycles. The number of esters is 1. The van der Waals surface area contributed by atoms with E-state index in [4.69, 9.17) is 4.74 Å². The quantitative estimate of drug-likeness (QED) is 0.792. The van der Waals surface area contributed by atoms with Crippen LogP contribution in [0.4, 0.5) is 0 Å². The number of hydrogen-bond acceptors (Lipinski definition) is 3. The number of methoxy groups -OCH3 is 1. The molecule has 1 saturated heterocycles. The normalized spacial score (nSPS) is 24.4. The first-order valence-electron chi connectivity index (χ1n) is 6.08. The van der Waals surface area contributed by atoms with Gasteiger partial charge < -0.3 is 10.1 Å². The number of ether oxygens (including phenoxy) is 1. The average Bonchev–Trinajstić information content (AvgIpc) is 2.38. The molecule has 0 bridgehead atoms. The van der Waals surface area contributed by atoms with Gasteiger partial charge in [-0.25, -0.2) is 0 Å². The predicted molar refractivity (Wildman–Crippen MR) is 66.9 cm³/mol. The van der Waals surface area contributed by atoms with Gasteiger partial charge in [0.25, 0.3) is 0 Å². The molecule has 0 saturated carbocycles. The Balaban J connectivity index is 2.28. The fraction of sp³-hybridized carbons (Fsp3) is 0.500. The Labute approximate surface area is 102 Å². The molecule has 1 fully saturated rings. The Hall–Kier alpha value is -1.35. The van der Waals surface area contributed by atoms with Gasteiger partial charge in [-0.3, -0.25) is 4.79 Å². The number of aryl methyl sites for hydroxylation is 1. The zero-order valence-corrected chi connectivity index (χ0v) is 10.4. The zero-order chi connectivity index (χ0) is 12.3. The number of benzene rings is 1. The topological polar surface area (TPSA) is 38.3 Å². The van der Waals surface area contributed by atoms with E-state index in [0.717, 1.165) is 13.0 Å². The molecule has 3 heteroatoms. The lowest BCUT2D eigenvalue weighted by molar-refractivity contribution is -0.146. The highest BCUT2D eigenvalue weighted by molar-refractivity contribution is 5.74. The largest absolute Gasteiger partial charge is 0.469 e. The van der Waals surface area contributed by atoms with Crippen LogP contribution in [0.5, 0.6) is 0 Å². The Morgan fingerprint density at radius 1 is 1.41 bits per heavy atom. The lowest BCUT2D eigenvalue weighted by Gasteiger charge is -2.31. The second-order valence-corrected chi connectivity index (χ2v) is 4.59. The highest BCUT2D eigenvalue weighted by Crippen LogP contribution is 2.32. The van der Waals surface area contributed by atoms with E-state index in [1.807, 2.05) is 12.1 Å². The molecule has 0 aromatic heterocycles. The summed E-state index contributed by atoms with van der Waals surface area (Å²) in [6.07, 6.45) is 0.991. The third-order valence-corrected chi connectivity index (χ3v) is 3.57. The molecule has 0 aliphatic carbocycles. The molecule has 92 valence electrons. The Bertz CT molecular complexity index is 403. The maximum absolute atomic E-state index is 11.8. The fourth-order valence-corrected chi connectivity index (χ4v) is 2.63. The van der Waals surface area contributed by atoms with Gasteiger partial charge in [0.05, 0.1) is 13.0 Å². The molecule has 1 aliphatic heterocycles. The number of carbonyl (C=O) groups is 1. The van der Waals surface area contributed by atoms with E-state index in [9.17, 15) is 4.79 Å².